The van der Waals surface area contributed by atoms with E-state index >= 15 is 0 Å². The molecule has 2 aliphatic heterocycles. The number of carboxylic acid groups (broad SMARTS) is 1. The van der Waals surface area contributed by atoms with Crippen LogP contribution >= 0.6 is 0 Å². The first-order valence-corrected chi connectivity index (χ1v) is 14.4. The molecule has 2 atom stereocenters. The predicted molar refractivity (Wildman–Crippen MR) is 148 cm³/mol. The van der Waals surface area contributed by atoms with Crippen molar-refractivity contribution in [2.24, 2.45) is 29.7 Å². The van der Waals surface area contributed by atoms with Crippen molar-refractivity contribution in [2.45, 2.75) is 84.6 Å². The average Bonchev–Trinajstić information content (AvgIpc) is 3.13. The minimum absolute atomic E-state index is 0.0526. The maximum atomic E-state index is 13.2. The van der Waals surface area contributed by atoms with Crippen LogP contribution in [-0.2, 0) is 23.1 Å². The Labute approximate surface area is 229 Å². The second-order valence-corrected chi connectivity index (χ2v) is 13.2. The van der Waals surface area contributed by atoms with Crippen molar-refractivity contribution in [1.29, 1.82) is 0 Å². The SMILES string of the molecule is Cn1c(=O)n(C2CCC(=O)NC2=O)c2cccc(CCC3CCC4(CC3)CCN(C(=O)O)CC4C(C)(C)C)c21. The first-order chi connectivity index (χ1) is 18.4. The molecule has 212 valence electrons. The monoisotopic (exact) mass is 538 g/mol. The fraction of sp³-hybridized carbons (Fsp3) is 0.667. The second kappa shape index (κ2) is 10.1. The number of benzene rings is 1. The van der Waals surface area contributed by atoms with Crippen molar-refractivity contribution in [3.8, 4) is 0 Å². The van der Waals surface area contributed by atoms with Crippen LogP contribution in [-0.4, -0.2) is 50.1 Å². The third kappa shape index (κ3) is 5.00. The summed E-state index contributed by atoms with van der Waals surface area (Å²) >= 11 is 0. The molecule has 39 heavy (non-hydrogen) atoms. The number of rotatable bonds is 4. The smallest absolute Gasteiger partial charge is 0.407 e. The number of aromatic nitrogens is 2. The Kier molecular flexibility index (Phi) is 7.14. The van der Waals surface area contributed by atoms with Gasteiger partial charge in [-0.05, 0) is 85.7 Å². The molecule has 1 spiro atoms. The number of carbonyl (C=O) groups excluding carboxylic acids is 2. The highest BCUT2D eigenvalue weighted by Crippen LogP contribution is 2.55. The predicted octanol–water partition coefficient (Wildman–Crippen LogP) is 4.47. The van der Waals surface area contributed by atoms with E-state index in [0.29, 0.717) is 31.3 Å². The molecule has 0 radical (unpaired) electrons. The van der Waals surface area contributed by atoms with Crippen LogP contribution in [0.1, 0.15) is 83.7 Å². The molecule has 1 aromatic carbocycles. The van der Waals surface area contributed by atoms with E-state index in [9.17, 15) is 24.3 Å². The quantitative estimate of drug-likeness (QED) is 0.558. The van der Waals surface area contributed by atoms with Crippen LogP contribution in [0.5, 0.6) is 0 Å². The lowest BCUT2D eigenvalue weighted by molar-refractivity contribution is -0.135. The standard InChI is InChI=1S/C30H42N4O5/c1-29(2,3)23-18-33(28(38)39)17-16-30(23)14-12-19(13-15-30)8-9-20-6-5-7-21-25(20)32(4)27(37)34(21)22-10-11-24(35)31-26(22)36/h5-7,19,22-23H,8-18H2,1-4H3,(H,38,39)(H,31,35,36). The number of hydrogen-bond acceptors (Lipinski definition) is 4. The summed E-state index contributed by atoms with van der Waals surface area (Å²) in [7, 11) is 1.76. The van der Waals surface area contributed by atoms with E-state index in [2.05, 4.69) is 32.2 Å². The minimum atomic E-state index is -0.803. The summed E-state index contributed by atoms with van der Waals surface area (Å²) in [4.78, 5) is 50.8. The Morgan fingerprint density at radius 3 is 2.46 bits per heavy atom. The molecule has 2 N–H and O–H groups in total. The molecule has 3 fully saturated rings. The second-order valence-electron chi connectivity index (χ2n) is 13.2. The lowest BCUT2D eigenvalue weighted by Crippen LogP contribution is -2.54. The first kappa shape index (κ1) is 27.5. The Balaban J connectivity index is 1.30. The van der Waals surface area contributed by atoms with E-state index < -0.39 is 18.0 Å². The van der Waals surface area contributed by atoms with Gasteiger partial charge in [0.1, 0.15) is 6.04 Å². The van der Waals surface area contributed by atoms with Crippen LogP contribution < -0.4 is 11.0 Å². The first-order valence-electron chi connectivity index (χ1n) is 14.4. The van der Waals surface area contributed by atoms with E-state index in [1.165, 1.54) is 0 Å². The summed E-state index contributed by atoms with van der Waals surface area (Å²) in [5, 5.41) is 12.0. The van der Waals surface area contributed by atoms with Gasteiger partial charge in [-0.1, -0.05) is 32.9 Å². The summed E-state index contributed by atoms with van der Waals surface area (Å²) < 4.78 is 3.20. The van der Waals surface area contributed by atoms with Crippen LogP contribution in [0.4, 0.5) is 4.79 Å². The van der Waals surface area contributed by atoms with Gasteiger partial charge in [-0.2, -0.15) is 0 Å². The number of amides is 3. The Hall–Kier alpha value is -3.10. The van der Waals surface area contributed by atoms with Gasteiger partial charge in [0.25, 0.3) is 0 Å². The molecule has 1 aliphatic carbocycles. The lowest BCUT2D eigenvalue weighted by atomic mass is 9.54. The fourth-order valence-corrected chi connectivity index (χ4v) is 7.85. The molecule has 3 aliphatic rings. The molecule has 3 heterocycles. The van der Waals surface area contributed by atoms with Crippen molar-refractivity contribution in [3.63, 3.8) is 0 Å². The molecule has 5 rings (SSSR count). The molecule has 2 saturated heterocycles. The molecular weight excluding hydrogens is 496 g/mol. The van der Waals surface area contributed by atoms with Crippen molar-refractivity contribution >= 4 is 28.9 Å². The number of para-hydroxylation sites is 1. The topological polar surface area (TPSA) is 114 Å². The summed E-state index contributed by atoms with van der Waals surface area (Å²) in [6, 6.07) is 5.26. The van der Waals surface area contributed by atoms with Gasteiger partial charge in [0, 0.05) is 26.6 Å². The highest BCUT2D eigenvalue weighted by Gasteiger charge is 2.50. The van der Waals surface area contributed by atoms with E-state index in [1.54, 1.807) is 21.1 Å². The summed E-state index contributed by atoms with van der Waals surface area (Å²) in [5.74, 6) is 0.246. The zero-order valence-corrected chi connectivity index (χ0v) is 23.7. The number of aryl methyl sites for hydroxylation is 2. The number of likely N-dealkylation sites (tertiary alicyclic amines) is 1. The number of imide groups is 1. The van der Waals surface area contributed by atoms with E-state index in [4.69, 9.17) is 0 Å². The highest BCUT2D eigenvalue weighted by molar-refractivity contribution is 6.00. The van der Waals surface area contributed by atoms with Crippen molar-refractivity contribution < 1.29 is 19.5 Å². The van der Waals surface area contributed by atoms with E-state index in [-0.39, 0.29) is 28.8 Å². The summed E-state index contributed by atoms with van der Waals surface area (Å²) in [6.45, 7) is 8.02. The number of fused-ring (bicyclic) bond motifs is 1. The summed E-state index contributed by atoms with van der Waals surface area (Å²) in [6.07, 6.45) is 7.17. The Morgan fingerprint density at radius 2 is 1.82 bits per heavy atom. The van der Waals surface area contributed by atoms with Crippen molar-refractivity contribution in [2.75, 3.05) is 13.1 Å². The normalized spacial score (nSPS) is 28.2. The fourth-order valence-electron chi connectivity index (χ4n) is 7.85. The zero-order chi connectivity index (χ0) is 28.1. The van der Waals surface area contributed by atoms with Crippen LogP contribution in [0.25, 0.3) is 11.0 Å². The molecule has 3 amide bonds. The molecule has 2 unspecified atom stereocenters. The molecule has 2 aromatic rings. The molecule has 0 bridgehead atoms. The lowest BCUT2D eigenvalue weighted by Gasteiger charge is -2.55. The van der Waals surface area contributed by atoms with Gasteiger partial charge in [0.15, 0.2) is 0 Å². The van der Waals surface area contributed by atoms with Gasteiger partial charge in [0.05, 0.1) is 11.0 Å². The van der Waals surface area contributed by atoms with E-state index in [1.807, 2.05) is 12.1 Å². The Morgan fingerprint density at radius 1 is 1.10 bits per heavy atom. The number of imidazole rings is 1. The molecule has 1 aromatic heterocycles. The van der Waals surface area contributed by atoms with Gasteiger partial charge in [-0.15, -0.1) is 0 Å². The third-order valence-corrected chi connectivity index (χ3v) is 9.97. The van der Waals surface area contributed by atoms with Gasteiger partial charge in [-0.3, -0.25) is 24.0 Å². The number of nitrogens with one attached hydrogen (secondary N) is 1. The van der Waals surface area contributed by atoms with Crippen LogP contribution in [0.2, 0.25) is 0 Å². The molecular formula is C30H42N4O5. The zero-order valence-electron chi connectivity index (χ0n) is 23.7. The van der Waals surface area contributed by atoms with Gasteiger partial charge in [-0.25, -0.2) is 9.59 Å². The average molecular weight is 539 g/mol. The maximum Gasteiger partial charge on any atom is 0.407 e. The largest absolute Gasteiger partial charge is 0.465 e. The third-order valence-electron chi connectivity index (χ3n) is 9.97. The van der Waals surface area contributed by atoms with Gasteiger partial charge < -0.3 is 10.0 Å². The van der Waals surface area contributed by atoms with Crippen molar-refractivity contribution in [3.05, 3.63) is 34.2 Å². The van der Waals surface area contributed by atoms with Crippen molar-refractivity contribution in [1.82, 2.24) is 19.4 Å². The van der Waals surface area contributed by atoms with Gasteiger partial charge >= 0.3 is 11.8 Å². The molecule has 1 saturated carbocycles. The van der Waals surface area contributed by atoms with Crippen LogP contribution in [0, 0.1) is 22.7 Å². The number of carbonyl (C=O) groups is 3. The molecule has 9 heteroatoms. The van der Waals surface area contributed by atoms with Gasteiger partial charge in [0.2, 0.25) is 11.8 Å². The highest BCUT2D eigenvalue weighted by atomic mass is 16.4. The van der Waals surface area contributed by atoms with Crippen LogP contribution in [0.3, 0.4) is 0 Å². The Bertz CT molecular complexity index is 1340. The molecule has 9 nitrogen and oxygen atoms in total. The maximum absolute atomic E-state index is 13.2. The van der Waals surface area contributed by atoms with Crippen LogP contribution in [0.15, 0.2) is 23.0 Å². The summed E-state index contributed by atoms with van der Waals surface area (Å²) in [5.41, 5.74) is 2.76. The minimum Gasteiger partial charge on any atom is -0.465 e. The number of nitrogens with zero attached hydrogens (tertiary/aromatic N) is 3. The number of piperidine rings is 2. The number of hydrogen-bond donors (Lipinski definition) is 2. The van der Waals surface area contributed by atoms with E-state index in [0.717, 1.165) is 61.5 Å².